The average molecular weight is 311 g/mol. The van der Waals surface area contributed by atoms with Crippen LogP contribution in [0, 0.1) is 19.3 Å². The molecule has 8 heteroatoms. The molecule has 0 radical (unpaired) electrons. The van der Waals surface area contributed by atoms with E-state index in [1.54, 1.807) is 0 Å². The number of terminal acetylenes is 1. The van der Waals surface area contributed by atoms with Crippen molar-refractivity contribution in [2.45, 2.75) is 24.9 Å². The molecular weight excluding hydrogens is 300 g/mol. The monoisotopic (exact) mass is 311 g/mol. The third-order valence-electron chi connectivity index (χ3n) is 2.77. The molecule has 2 N–H and O–H groups in total. The minimum absolute atomic E-state index is 0.128. The Morgan fingerprint density at radius 1 is 1.14 bits per heavy atom. The van der Waals surface area contributed by atoms with Crippen LogP contribution in [0.25, 0.3) is 0 Å². The second-order valence-corrected chi connectivity index (χ2v) is 4.31. The summed E-state index contributed by atoms with van der Waals surface area (Å²) >= 11 is 0. The van der Waals surface area contributed by atoms with Crippen LogP contribution >= 0.6 is 0 Å². The van der Waals surface area contributed by atoms with E-state index < -0.39 is 29.2 Å². The molecule has 0 aromatic heterocycles. The van der Waals surface area contributed by atoms with Gasteiger partial charge in [-0.1, -0.05) is 23.6 Å². The van der Waals surface area contributed by atoms with Crippen LogP contribution in [0.5, 0.6) is 0 Å². The maximum Gasteiger partial charge on any atom is 0.430 e. The van der Waals surface area contributed by atoms with E-state index in [1.165, 1.54) is 13.0 Å². The van der Waals surface area contributed by atoms with E-state index in [2.05, 4.69) is 5.32 Å². The fourth-order valence-corrected chi connectivity index (χ4v) is 1.72. The van der Waals surface area contributed by atoms with Crippen molar-refractivity contribution in [2.24, 2.45) is 0 Å². The summed E-state index contributed by atoms with van der Waals surface area (Å²) in [4.78, 5) is 0. The fourth-order valence-electron chi connectivity index (χ4n) is 1.72. The molecule has 0 amide bonds. The van der Waals surface area contributed by atoms with Crippen molar-refractivity contribution in [1.29, 1.82) is 0 Å². The number of halogens is 6. The van der Waals surface area contributed by atoms with Crippen LogP contribution < -0.4 is 5.32 Å². The molecular formula is C13H11F6NO. The van der Waals surface area contributed by atoms with Gasteiger partial charge in [0.1, 0.15) is 0 Å². The number of anilines is 1. The van der Waals surface area contributed by atoms with Gasteiger partial charge in [0.2, 0.25) is 0 Å². The molecule has 0 aliphatic heterocycles. The van der Waals surface area contributed by atoms with Gasteiger partial charge in [0.05, 0.1) is 6.54 Å². The van der Waals surface area contributed by atoms with Crippen LogP contribution in [0.15, 0.2) is 18.2 Å². The number of aliphatic hydroxyl groups is 1. The largest absolute Gasteiger partial charge is 0.430 e. The van der Waals surface area contributed by atoms with E-state index in [9.17, 15) is 31.4 Å². The molecule has 0 saturated heterocycles. The molecule has 0 aliphatic rings. The molecule has 0 saturated carbocycles. The fraction of sp³-hybridized carbons (Fsp3) is 0.385. The highest BCUT2D eigenvalue weighted by molar-refractivity contribution is 5.57. The average Bonchev–Trinajstić information content (AvgIpc) is 2.33. The highest BCUT2D eigenvalue weighted by Crippen LogP contribution is 2.52. The van der Waals surface area contributed by atoms with Crippen molar-refractivity contribution in [3.05, 3.63) is 29.3 Å². The summed E-state index contributed by atoms with van der Waals surface area (Å²) in [6.07, 6.45) is -6.96. The predicted octanol–water partition coefficient (Wildman–Crippen LogP) is 3.35. The lowest BCUT2D eigenvalue weighted by molar-refractivity contribution is -0.376. The molecule has 0 unspecified atom stereocenters. The van der Waals surface area contributed by atoms with Crippen molar-refractivity contribution in [3.63, 3.8) is 0 Å². The van der Waals surface area contributed by atoms with Gasteiger partial charge in [-0.05, 0) is 13.0 Å². The van der Waals surface area contributed by atoms with Gasteiger partial charge in [0.25, 0.3) is 5.60 Å². The van der Waals surface area contributed by atoms with Crippen LogP contribution in [0.2, 0.25) is 0 Å². The van der Waals surface area contributed by atoms with Gasteiger partial charge in [-0.25, -0.2) is 0 Å². The maximum atomic E-state index is 12.9. The first kappa shape index (κ1) is 17.2. The molecule has 21 heavy (non-hydrogen) atoms. The molecule has 2 nitrogen and oxygen atoms in total. The van der Waals surface area contributed by atoms with E-state index in [4.69, 9.17) is 6.42 Å². The van der Waals surface area contributed by atoms with Crippen LogP contribution in [-0.2, 0) is 5.60 Å². The first-order chi connectivity index (χ1) is 9.45. The van der Waals surface area contributed by atoms with Gasteiger partial charge in [-0.2, -0.15) is 26.3 Å². The molecule has 0 aliphatic carbocycles. The summed E-state index contributed by atoms with van der Waals surface area (Å²) in [7, 11) is 0. The van der Waals surface area contributed by atoms with Crippen molar-refractivity contribution >= 4 is 5.69 Å². The lowest BCUT2D eigenvalue weighted by atomic mass is 9.89. The number of alkyl halides is 6. The lowest BCUT2D eigenvalue weighted by Crippen LogP contribution is -2.54. The van der Waals surface area contributed by atoms with Crippen LogP contribution in [-0.4, -0.2) is 24.0 Å². The van der Waals surface area contributed by atoms with E-state index in [0.29, 0.717) is 6.07 Å². The summed E-state index contributed by atoms with van der Waals surface area (Å²) in [6.45, 7) is 1.02. The minimum Gasteiger partial charge on any atom is -0.374 e. The van der Waals surface area contributed by atoms with Crippen molar-refractivity contribution in [1.82, 2.24) is 0 Å². The first-order valence-corrected chi connectivity index (χ1v) is 5.59. The zero-order chi connectivity index (χ0) is 16.5. The van der Waals surface area contributed by atoms with Crippen LogP contribution in [0.3, 0.4) is 0 Å². The Balaban J connectivity index is 3.59. The molecule has 0 atom stereocenters. The Morgan fingerprint density at radius 2 is 1.67 bits per heavy atom. The lowest BCUT2D eigenvalue weighted by Gasteiger charge is -2.34. The Bertz CT molecular complexity index is 541. The van der Waals surface area contributed by atoms with Crippen molar-refractivity contribution in [2.75, 3.05) is 11.9 Å². The summed E-state index contributed by atoms with van der Waals surface area (Å²) in [5.41, 5.74) is -6.72. The number of rotatable bonds is 3. The topological polar surface area (TPSA) is 32.3 Å². The zero-order valence-electron chi connectivity index (χ0n) is 10.7. The Kier molecular flexibility index (Phi) is 4.48. The number of nitrogens with one attached hydrogen (secondary N) is 1. The normalized spacial score (nSPS) is 12.9. The quantitative estimate of drug-likeness (QED) is 0.663. The number of benzene rings is 1. The third-order valence-corrected chi connectivity index (χ3v) is 2.77. The molecule has 1 rings (SSSR count). The first-order valence-electron chi connectivity index (χ1n) is 5.59. The third kappa shape index (κ3) is 3.08. The number of hydrogen-bond donors (Lipinski definition) is 2. The highest BCUT2D eigenvalue weighted by Gasteiger charge is 2.72. The SMILES string of the molecule is C#CCNc1ccc(C)cc1C(O)(C(F)(F)F)C(F)(F)F. The smallest absolute Gasteiger partial charge is 0.374 e. The second-order valence-electron chi connectivity index (χ2n) is 4.31. The predicted molar refractivity (Wildman–Crippen MR) is 64.5 cm³/mol. The van der Waals surface area contributed by atoms with Gasteiger partial charge in [-0.3, -0.25) is 0 Å². The van der Waals surface area contributed by atoms with Crippen molar-refractivity contribution in [3.8, 4) is 12.3 Å². The highest BCUT2D eigenvalue weighted by atomic mass is 19.4. The van der Waals surface area contributed by atoms with Gasteiger partial charge < -0.3 is 10.4 Å². The summed E-state index contributed by atoms with van der Waals surface area (Å²) < 4.78 is 77.3. The van der Waals surface area contributed by atoms with Gasteiger partial charge in [0.15, 0.2) is 0 Å². The molecule has 0 bridgehead atoms. The summed E-state index contributed by atoms with van der Waals surface area (Å²) in [5, 5.41) is 11.7. The molecule has 1 aromatic rings. The zero-order valence-corrected chi connectivity index (χ0v) is 10.7. The molecule has 1 aromatic carbocycles. The Morgan fingerprint density at radius 3 is 2.10 bits per heavy atom. The minimum atomic E-state index is -5.94. The maximum absolute atomic E-state index is 12.9. The standard InChI is InChI=1S/C13H11F6NO/c1-3-6-20-10-5-4-8(2)7-9(10)11(21,12(14,15)16)13(17,18)19/h1,4-5,7,20-21H,6H2,2H3. The van der Waals surface area contributed by atoms with Gasteiger partial charge in [-0.15, -0.1) is 6.42 Å². The molecule has 0 heterocycles. The molecule has 0 spiro atoms. The number of aryl methyl sites for hydroxylation is 1. The van der Waals surface area contributed by atoms with Crippen molar-refractivity contribution < 1.29 is 31.4 Å². The van der Waals surface area contributed by atoms with E-state index >= 15 is 0 Å². The summed E-state index contributed by atoms with van der Waals surface area (Å²) in [5.74, 6) is 2.03. The Hall–Kier alpha value is -1.88. The van der Waals surface area contributed by atoms with Gasteiger partial charge in [0, 0.05) is 11.3 Å². The van der Waals surface area contributed by atoms with Crippen LogP contribution in [0.1, 0.15) is 11.1 Å². The molecule has 0 fully saturated rings. The van der Waals surface area contributed by atoms with Crippen LogP contribution in [0.4, 0.5) is 32.0 Å². The summed E-state index contributed by atoms with van der Waals surface area (Å²) in [6, 6.07) is 2.93. The number of hydrogen-bond acceptors (Lipinski definition) is 2. The van der Waals surface area contributed by atoms with E-state index in [-0.39, 0.29) is 12.1 Å². The van der Waals surface area contributed by atoms with Gasteiger partial charge >= 0.3 is 12.4 Å². The Labute approximate surface area is 116 Å². The van der Waals surface area contributed by atoms with E-state index in [1.807, 2.05) is 5.92 Å². The molecule has 116 valence electrons. The second kappa shape index (κ2) is 5.48. The van der Waals surface area contributed by atoms with E-state index in [0.717, 1.165) is 6.07 Å².